The second kappa shape index (κ2) is 11.4. The van der Waals surface area contributed by atoms with Crippen LogP contribution in [0, 0.1) is 11.8 Å². The first-order chi connectivity index (χ1) is 15.5. The number of halogens is 6. The van der Waals surface area contributed by atoms with E-state index >= 15 is 0 Å². The maximum absolute atomic E-state index is 12.7. The summed E-state index contributed by atoms with van der Waals surface area (Å²) in [4.78, 5) is 44.7. The van der Waals surface area contributed by atoms with Gasteiger partial charge in [-0.3, -0.25) is 9.59 Å². The van der Waals surface area contributed by atoms with E-state index in [2.05, 4.69) is 18.9 Å². The largest absolute Gasteiger partial charge is 0.463 e. The summed E-state index contributed by atoms with van der Waals surface area (Å²) < 4.78 is 94.2. The number of allylic oxidation sites excluding steroid dienone is 2. The van der Waals surface area contributed by atoms with Crippen LogP contribution in [0.2, 0.25) is 0 Å². The Morgan fingerprint density at radius 2 is 1.06 bits per heavy atom. The summed E-state index contributed by atoms with van der Waals surface area (Å²) in [6.07, 6.45) is -11.1. The molecule has 0 aromatic carbocycles. The van der Waals surface area contributed by atoms with Gasteiger partial charge in [0, 0.05) is 0 Å². The third-order valence-corrected chi connectivity index (χ3v) is 4.51. The summed E-state index contributed by atoms with van der Waals surface area (Å²) in [6.45, 7) is 5.14. The number of alkyl halides is 6. The molecule has 2 aliphatic heterocycles. The van der Waals surface area contributed by atoms with E-state index in [4.69, 9.17) is 0 Å². The van der Waals surface area contributed by atoms with Gasteiger partial charge in [-0.25, -0.2) is 9.59 Å². The fourth-order valence-corrected chi connectivity index (χ4v) is 3.11. The quantitative estimate of drug-likeness (QED) is 0.323. The van der Waals surface area contributed by atoms with Crippen LogP contribution in [0.3, 0.4) is 0 Å². The summed E-state index contributed by atoms with van der Waals surface area (Å²) in [5.41, 5.74) is -1.25. The molecule has 8 nitrogen and oxygen atoms in total. The smallest absolute Gasteiger partial charge is 0.396 e. The highest BCUT2D eigenvalue weighted by atomic mass is 19.4. The van der Waals surface area contributed by atoms with Gasteiger partial charge >= 0.3 is 36.2 Å². The number of cyclic esters (lactones) is 2. The lowest BCUT2D eigenvalue weighted by Gasteiger charge is -2.26. The Hall–Kier alpha value is -3.06. The Morgan fingerprint density at radius 1 is 0.765 bits per heavy atom. The molecule has 192 valence electrons. The van der Waals surface area contributed by atoms with Gasteiger partial charge in [0.25, 0.3) is 0 Å². The Labute approximate surface area is 189 Å². The van der Waals surface area contributed by atoms with Crippen molar-refractivity contribution in [3.05, 3.63) is 22.7 Å². The molecule has 2 aliphatic rings. The van der Waals surface area contributed by atoms with Crippen LogP contribution in [0.1, 0.15) is 40.5 Å². The SMILES string of the molecule is CCOC(=O)C1=C(C)OC(=O)C[C@H]1C(F)(F)F.CCOC(=O)C1=C(C)OC(=O)C[C@H]1C(F)(F)F. The van der Waals surface area contributed by atoms with Gasteiger partial charge < -0.3 is 18.9 Å². The molecule has 0 aromatic rings. The molecule has 2 rings (SSSR count). The molecule has 0 saturated heterocycles. The van der Waals surface area contributed by atoms with E-state index in [0.717, 1.165) is 13.8 Å². The number of rotatable bonds is 4. The maximum atomic E-state index is 12.7. The molecule has 0 unspecified atom stereocenters. The number of carbonyl (C=O) groups excluding carboxylic acids is 4. The van der Waals surface area contributed by atoms with E-state index in [0.29, 0.717) is 0 Å². The molecule has 0 saturated carbocycles. The number of carbonyl (C=O) groups is 4. The monoisotopic (exact) mass is 504 g/mol. The van der Waals surface area contributed by atoms with E-state index in [1.807, 2.05) is 0 Å². The Balaban J connectivity index is 0.000000340. The normalized spacial score (nSPS) is 21.2. The van der Waals surface area contributed by atoms with Crippen LogP contribution >= 0.6 is 0 Å². The molecule has 0 spiro atoms. The van der Waals surface area contributed by atoms with E-state index in [9.17, 15) is 45.5 Å². The molecule has 0 fully saturated rings. The molecule has 14 heteroatoms. The van der Waals surface area contributed by atoms with Crippen molar-refractivity contribution >= 4 is 23.9 Å². The molecule has 0 radical (unpaired) electrons. The van der Waals surface area contributed by atoms with Gasteiger partial charge in [-0.1, -0.05) is 0 Å². The van der Waals surface area contributed by atoms with Crippen LogP contribution in [0.25, 0.3) is 0 Å². The lowest BCUT2D eigenvalue weighted by atomic mass is 9.92. The summed E-state index contributed by atoms with van der Waals surface area (Å²) in [7, 11) is 0. The van der Waals surface area contributed by atoms with Crippen molar-refractivity contribution in [1.29, 1.82) is 0 Å². The van der Waals surface area contributed by atoms with Gasteiger partial charge in [0.2, 0.25) is 0 Å². The molecule has 2 atom stereocenters. The minimum absolute atomic E-state index is 0.0475. The van der Waals surface area contributed by atoms with Crippen molar-refractivity contribution in [3.63, 3.8) is 0 Å². The van der Waals surface area contributed by atoms with Crippen molar-refractivity contribution in [2.45, 2.75) is 52.9 Å². The van der Waals surface area contributed by atoms with Crippen molar-refractivity contribution in [1.82, 2.24) is 0 Å². The third kappa shape index (κ3) is 7.48. The predicted octanol–water partition coefficient (Wildman–Crippen LogP) is 3.90. The molecule has 0 aromatic heterocycles. The van der Waals surface area contributed by atoms with Crippen molar-refractivity contribution in [2.75, 3.05) is 13.2 Å². The zero-order valence-corrected chi connectivity index (χ0v) is 18.5. The van der Waals surface area contributed by atoms with Crippen LogP contribution in [0.5, 0.6) is 0 Å². The van der Waals surface area contributed by atoms with Gasteiger partial charge in [0.05, 0.1) is 37.2 Å². The standard InChI is InChI=1S/2C10H11F3O4/c2*1-3-16-9(15)8-5(2)17-7(14)4-6(8)10(11,12)13/h2*6H,3-4H2,1-2H3/t2*6-/m11/s1. The second-order valence-corrected chi connectivity index (χ2v) is 6.93. The maximum Gasteiger partial charge on any atom is 0.396 e. The van der Waals surface area contributed by atoms with E-state index < -0.39 is 72.1 Å². The van der Waals surface area contributed by atoms with Crippen LogP contribution in [-0.4, -0.2) is 49.4 Å². The van der Waals surface area contributed by atoms with Gasteiger partial charge in [-0.15, -0.1) is 0 Å². The number of hydrogen-bond acceptors (Lipinski definition) is 8. The summed E-state index contributed by atoms with van der Waals surface area (Å²) in [5, 5.41) is 0. The number of esters is 4. The van der Waals surface area contributed by atoms with Gasteiger partial charge in [0.15, 0.2) is 0 Å². The van der Waals surface area contributed by atoms with E-state index in [-0.39, 0.29) is 24.7 Å². The van der Waals surface area contributed by atoms with E-state index in [1.54, 1.807) is 0 Å². The average molecular weight is 504 g/mol. The lowest BCUT2D eigenvalue weighted by molar-refractivity contribution is -0.183. The summed E-state index contributed by atoms with van der Waals surface area (Å²) in [6, 6.07) is 0. The summed E-state index contributed by atoms with van der Waals surface area (Å²) >= 11 is 0. The molecule has 2 heterocycles. The number of hydrogen-bond donors (Lipinski definition) is 0. The topological polar surface area (TPSA) is 105 Å². The summed E-state index contributed by atoms with van der Waals surface area (Å²) in [5.74, 6) is -9.19. The Morgan fingerprint density at radius 3 is 1.29 bits per heavy atom. The first kappa shape index (κ1) is 29.0. The highest BCUT2D eigenvalue weighted by molar-refractivity contribution is 5.93. The zero-order chi connectivity index (χ0) is 26.4. The van der Waals surface area contributed by atoms with Crippen LogP contribution in [-0.2, 0) is 38.1 Å². The first-order valence-corrected chi connectivity index (χ1v) is 9.85. The molecular weight excluding hydrogens is 482 g/mol. The van der Waals surface area contributed by atoms with Gasteiger partial charge in [-0.2, -0.15) is 26.3 Å². The molecule has 0 N–H and O–H groups in total. The minimum Gasteiger partial charge on any atom is -0.463 e. The second-order valence-electron chi connectivity index (χ2n) is 6.93. The highest BCUT2D eigenvalue weighted by Gasteiger charge is 2.50. The molecule has 0 aliphatic carbocycles. The first-order valence-electron chi connectivity index (χ1n) is 9.85. The van der Waals surface area contributed by atoms with Crippen LogP contribution in [0.4, 0.5) is 26.3 Å². The van der Waals surface area contributed by atoms with Crippen LogP contribution < -0.4 is 0 Å². The zero-order valence-electron chi connectivity index (χ0n) is 18.5. The molecular formula is C20H22F6O8. The van der Waals surface area contributed by atoms with Gasteiger partial charge in [0.1, 0.15) is 23.4 Å². The van der Waals surface area contributed by atoms with Gasteiger partial charge in [-0.05, 0) is 27.7 Å². The Kier molecular flexibility index (Phi) is 9.70. The third-order valence-electron chi connectivity index (χ3n) is 4.51. The predicted molar refractivity (Wildman–Crippen MR) is 99.2 cm³/mol. The van der Waals surface area contributed by atoms with E-state index in [1.165, 1.54) is 13.8 Å². The van der Waals surface area contributed by atoms with Crippen molar-refractivity contribution in [2.24, 2.45) is 11.8 Å². The lowest BCUT2D eigenvalue weighted by Crippen LogP contribution is -2.35. The fourth-order valence-electron chi connectivity index (χ4n) is 3.11. The molecule has 34 heavy (non-hydrogen) atoms. The molecule has 0 amide bonds. The minimum atomic E-state index is -4.68. The molecule has 0 bridgehead atoms. The van der Waals surface area contributed by atoms with Crippen LogP contribution in [0.15, 0.2) is 22.7 Å². The fraction of sp³-hybridized carbons (Fsp3) is 0.600. The average Bonchev–Trinajstić information content (AvgIpc) is 2.66. The number of ether oxygens (including phenoxy) is 4. The Bertz CT molecular complexity index is 812. The highest BCUT2D eigenvalue weighted by Crippen LogP contribution is 2.40. The van der Waals surface area contributed by atoms with Crippen molar-refractivity contribution < 1.29 is 64.5 Å². The van der Waals surface area contributed by atoms with Crippen molar-refractivity contribution in [3.8, 4) is 0 Å².